The molecule has 3 heteroatoms. The van der Waals surface area contributed by atoms with Crippen molar-refractivity contribution in [3.05, 3.63) is 26.0 Å². The zero-order valence-corrected chi connectivity index (χ0v) is 9.91. The van der Waals surface area contributed by atoms with E-state index in [-0.39, 0.29) is 17.5 Å². The summed E-state index contributed by atoms with van der Waals surface area (Å²) in [5, 5.41) is 0. The quantitative estimate of drug-likeness (QED) is 0.736. The summed E-state index contributed by atoms with van der Waals surface area (Å²) in [6, 6.07) is 0. The molecule has 1 aromatic carbocycles. The highest BCUT2D eigenvalue weighted by molar-refractivity contribution is 5.42. The minimum absolute atomic E-state index is 0.0364. The van der Waals surface area contributed by atoms with E-state index >= 15 is 0 Å². The molecule has 1 aliphatic carbocycles. The van der Waals surface area contributed by atoms with Crippen molar-refractivity contribution in [1.82, 2.24) is 0 Å². The van der Waals surface area contributed by atoms with E-state index in [0.717, 1.165) is 25.7 Å². The third kappa shape index (κ3) is 1.91. The number of ether oxygens (including phenoxy) is 1. The minimum atomic E-state index is -0.422. The van der Waals surface area contributed by atoms with Gasteiger partial charge in [-0.2, -0.15) is 0 Å². The zero-order chi connectivity index (χ0) is 11.7. The van der Waals surface area contributed by atoms with E-state index in [2.05, 4.69) is 0 Å². The maximum Gasteiger partial charge on any atom is 0.268 e. The van der Waals surface area contributed by atoms with Gasteiger partial charge in [0, 0.05) is 0 Å². The van der Waals surface area contributed by atoms with Gasteiger partial charge in [-0.25, -0.2) is 0 Å². The van der Waals surface area contributed by atoms with Crippen LogP contribution in [0, 0.1) is 0 Å². The molecule has 88 valence electrons. The average Bonchev–Trinajstić information content (AvgIpc) is 2.29. The molecule has 0 aliphatic heterocycles. The largest absolute Gasteiger partial charge is 0.486 e. The fourth-order valence-corrected chi connectivity index (χ4v) is 2.50. The van der Waals surface area contributed by atoms with Crippen LogP contribution in [0.15, 0.2) is 9.59 Å². The monoisotopic (exact) mass is 222 g/mol. The molecule has 0 bridgehead atoms. The van der Waals surface area contributed by atoms with Crippen LogP contribution in [-0.2, 0) is 0 Å². The van der Waals surface area contributed by atoms with Gasteiger partial charge in [-0.1, -0.05) is 19.3 Å². The topological polar surface area (TPSA) is 43.4 Å². The first kappa shape index (κ1) is 11.4. The van der Waals surface area contributed by atoms with E-state index in [0.29, 0.717) is 11.3 Å². The fourth-order valence-electron chi connectivity index (χ4n) is 2.50. The Hall–Kier alpha value is -1.12. The lowest BCUT2D eigenvalue weighted by Crippen LogP contribution is -2.39. The summed E-state index contributed by atoms with van der Waals surface area (Å²) in [7, 11) is 0. The summed E-state index contributed by atoms with van der Waals surface area (Å²) in [6.07, 6.45) is 5.57. The highest BCUT2D eigenvalue weighted by Gasteiger charge is 2.30. The van der Waals surface area contributed by atoms with Crippen LogP contribution in [0.2, 0.25) is 0 Å². The Morgan fingerprint density at radius 2 is 1.69 bits per heavy atom. The fraction of sp³-hybridized carbons (Fsp3) is 0.692. The van der Waals surface area contributed by atoms with Gasteiger partial charge in [-0.15, -0.1) is 0 Å². The maximum absolute atomic E-state index is 11.6. The summed E-state index contributed by atoms with van der Waals surface area (Å²) in [4.78, 5) is 23.0. The van der Waals surface area contributed by atoms with Gasteiger partial charge in [0.15, 0.2) is 5.75 Å². The molecule has 0 aromatic heterocycles. The SMILES string of the molecule is CC(C)Oc1c(C2CCCCC2)c(=O)c1=O. The summed E-state index contributed by atoms with van der Waals surface area (Å²) in [5.41, 5.74) is -0.0461. The van der Waals surface area contributed by atoms with Crippen LogP contribution in [0.4, 0.5) is 0 Å². The van der Waals surface area contributed by atoms with E-state index < -0.39 is 5.43 Å². The molecular formula is C13H18O3. The molecule has 0 atom stereocenters. The maximum atomic E-state index is 11.6. The predicted molar refractivity (Wildman–Crippen MR) is 62.9 cm³/mol. The van der Waals surface area contributed by atoms with E-state index in [1.165, 1.54) is 6.42 Å². The Morgan fingerprint density at radius 3 is 2.25 bits per heavy atom. The first-order chi connectivity index (χ1) is 7.61. The van der Waals surface area contributed by atoms with Gasteiger partial charge in [-0.3, -0.25) is 9.59 Å². The van der Waals surface area contributed by atoms with Crippen LogP contribution >= 0.6 is 0 Å². The molecule has 1 saturated carbocycles. The normalized spacial score (nSPS) is 18.2. The van der Waals surface area contributed by atoms with Crippen LogP contribution < -0.4 is 15.6 Å². The van der Waals surface area contributed by atoms with Gasteiger partial charge in [0.1, 0.15) is 0 Å². The lowest BCUT2D eigenvalue weighted by atomic mass is 9.81. The second-order valence-electron chi connectivity index (χ2n) is 4.90. The van der Waals surface area contributed by atoms with Crippen LogP contribution in [0.1, 0.15) is 57.4 Å². The summed E-state index contributed by atoms with van der Waals surface area (Å²) < 4.78 is 5.44. The molecule has 0 spiro atoms. The van der Waals surface area contributed by atoms with Gasteiger partial charge < -0.3 is 4.74 Å². The molecule has 0 heterocycles. The average molecular weight is 222 g/mol. The van der Waals surface area contributed by atoms with E-state index in [4.69, 9.17) is 4.74 Å². The van der Waals surface area contributed by atoms with Crippen molar-refractivity contribution in [2.24, 2.45) is 0 Å². The van der Waals surface area contributed by atoms with Gasteiger partial charge >= 0.3 is 0 Å². The molecule has 3 nitrogen and oxygen atoms in total. The van der Waals surface area contributed by atoms with Crippen molar-refractivity contribution in [2.45, 2.75) is 58.0 Å². The highest BCUT2D eigenvalue weighted by Crippen LogP contribution is 2.35. The first-order valence-corrected chi connectivity index (χ1v) is 6.11. The van der Waals surface area contributed by atoms with Gasteiger partial charge in [0.2, 0.25) is 5.43 Å². The van der Waals surface area contributed by atoms with Crippen molar-refractivity contribution in [3.8, 4) is 5.75 Å². The molecule has 0 N–H and O–H groups in total. The second kappa shape index (κ2) is 4.40. The Labute approximate surface area is 95.1 Å². The van der Waals surface area contributed by atoms with E-state index in [9.17, 15) is 9.59 Å². The third-order valence-corrected chi connectivity index (χ3v) is 3.27. The van der Waals surface area contributed by atoms with E-state index in [1.807, 2.05) is 13.8 Å². The number of hydrogen-bond donors (Lipinski definition) is 0. The molecule has 1 aliphatic rings. The van der Waals surface area contributed by atoms with Gasteiger partial charge in [0.05, 0.1) is 11.7 Å². The van der Waals surface area contributed by atoms with Crippen molar-refractivity contribution in [3.63, 3.8) is 0 Å². The molecule has 1 fully saturated rings. The molecule has 0 unspecified atom stereocenters. The second-order valence-corrected chi connectivity index (χ2v) is 4.90. The Kier molecular flexibility index (Phi) is 3.13. The number of hydrogen-bond acceptors (Lipinski definition) is 3. The first-order valence-electron chi connectivity index (χ1n) is 6.11. The lowest BCUT2D eigenvalue weighted by molar-refractivity contribution is 0.230. The van der Waals surface area contributed by atoms with Gasteiger partial charge in [-0.05, 0) is 32.6 Å². The smallest absolute Gasteiger partial charge is 0.268 e. The Bertz CT molecular complexity index is 432. The summed E-state index contributed by atoms with van der Waals surface area (Å²) in [5.74, 6) is 0.625. The molecular weight excluding hydrogens is 204 g/mol. The van der Waals surface area contributed by atoms with Crippen LogP contribution in [0.25, 0.3) is 0 Å². The molecule has 1 aromatic rings. The third-order valence-electron chi connectivity index (χ3n) is 3.27. The summed E-state index contributed by atoms with van der Waals surface area (Å²) >= 11 is 0. The van der Waals surface area contributed by atoms with Crippen molar-refractivity contribution in [1.29, 1.82) is 0 Å². The molecule has 0 saturated heterocycles. The van der Waals surface area contributed by atoms with Crippen LogP contribution in [0.5, 0.6) is 5.75 Å². The highest BCUT2D eigenvalue weighted by atomic mass is 16.5. The van der Waals surface area contributed by atoms with Crippen molar-refractivity contribution in [2.75, 3.05) is 0 Å². The van der Waals surface area contributed by atoms with Crippen LogP contribution in [-0.4, -0.2) is 6.10 Å². The molecule has 16 heavy (non-hydrogen) atoms. The predicted octanol–water partition coefficient (Wildman–Crippen LogP) is 2.12. The van der Waals surface area contributed by atoms with Crippen molar-refractivity contribution < 1.29 is 4.74 Å². The molecule has 0 amide bonds. The Morgan fingerprint density at radius 1 is 1.06 bits per heavy atom. The standard InChI is InChI=1S/C13H18O3/c1-8(2)16-13-10(11(14)12(13)15)9-6-4-3-5-7-9/h8-9H,3-7H2,1-2H3. The molecule has 0 radical (unpaired) electrons. The van der Waals surface area contributed by atoms with E-state index in [1.54, 1.807) is 0 Å². The lowest BCUT2D eigenvalue weighted by Gasteiger charge is -2.25. The molecule has 2 rings (SSSR count). The van der Waals surface area contributed by atoms with Gasteiger partial charge in [0.25, 0.3) is 5.43 Å². The summed E-state index contributed by atoms with van der Waals surface area (Å²) in [6.45, 7) is 3.75. The van der Waals surface area contributed by atoms with Crippen LogP contribution in [0.3, 0.4) is 0 Å². The number of rotatable bonds is 3. The Balaban J connectivity index is 2.23. The van der Waals surface area contributed by atoms with Crippen molar-refractivity contribution >= 4 is 0 Å². The zero-order valence-electron chi connectivity index (χ0n) is 9.91. The minimum Gasteiger partial charge on any atom is -0.486 e.